The number of carboxylic acids is 1. The number of ketones is 1. The van der Waals surface area contributed by atoms with Crippen LogP contribution in [0.4, 0.5) is 0 Å². The third-order valence-corrected chi connectivity index (χ3v) is 2.59. The summed E-state index contributed by atoms with van der Waals surface area (Å²) in [4.78, 5) is 27.6. The fourth-order valence-corrected chi connectivity index (χ4v) is 1.41. The van der Waals surface area contributed by atoms with Crippen molar-refractivity contribution < 1.29 is 24.3 Å². The summed E-state index contributed by atoms with van der Waals surface area (Å²) in [5, 5.41) is 12.3. The van der Waals surface area contributed by atoms with Crippen molar-refractivity contribution in [3.8, 4) is 0 Å². The van der Waals surface area contributed by atoms with Crippen LogP contribution in [-0.4, -0.2) is 42.9 Å². The lowest BCUT2D eigenvalue weighted by Crippen LogP contribution is -2.24. The van der Waals surface area contributed by atoms with E-state index in [0.717, 1.165) is 4.47 Å². The highest BCUT2D eigenvalue weighted by Gasteiger charge is 2.22. The van der Waals surface area contributed by atoms with Crippen LogP contribution in [0, 0.1) is 0 Å². The first kappa shape index (κ1) is 15.3. The van der Waals surface area contributed by atoms with Gasteiger partial charge in [-0.2, -0.15) is 0 Å². The van der Waals surface area contributed by atoms with Gasteiger partial charge in [0.1, 0.15) is 6.61 Å². The van der Waals surface area contributed by atoms with E-state index in [-0.39, 0.29) is 18.8 Å². The number of carbonyl (C=O) groups is 2. The van der Waals surface area contributed by atoms with E-state index in [4.69, 9.17) is 14.7 Å². The average Bonchev–Trinajstić information content (AvgIpc) is 2.38. The molecule has 0 atom stereocenters. The van der Waals surface area contributed by atoms with Gasteiger partial charge < -0.3 is 14.7 Å². The van der Waals surface area contributed by atoms with Gasteiger partial charge in [-0.05, 0) is 24.3 Å². The van der Waals surface area contributed by atoms with Crippen LogP contribution in [0.1, 0.15) is 10.4 Å². The van der Waals surface area contributed by atoms with Crippen molar-refractivity contribution in [2.75, 3.05) is 20.3 Å². The summed E-state index contributed by atoms with van der Waals surface area (Å²) < 4.78 is 5.50. The Kier molecular flexibility index (Phi) is 6.17. The highest BCUT2D eigenvalue weighted by atomic mass is 79.9. The normalized spacial score (nSPS) is 11.2. The van der Waals surface area contributed by atoms with E-state index in [1.807, 2.05) is 0 Å². The number of ether oxygens (including phenoxy) is 1. The summed E-state index contributed by atoms with van der Waals surface area (Å²) in [7, 11) is 1.47. The Morgan fingerprint density at radius 1 is 1.26 bits per heavy atom. The van der Waals surface area contributed by atoms with E-state index in [1.54, 1.807) is 12.1 Å². The molecule has 0 radical (unpaired) electrons. The van der Waals surface area contributed by atoms with Crippen LogP contribution in [0.15, 0.2) is 33.9 Å². The molecule has 7 heteroatoms. The van der Waals surface area contributed by atoms with Crippen LogP contribution in [0.3, 0.4) is 0 Å². The summed E-state index contributed by atoms with van der Waals surface area (Å²) in [5.41, 5.74) is -0.446. The maximum atomic E-state index is 11.9. The van der Waals surface area contributed by atoms with E-state index >= 15 is 0 Å². The number of hydrogen-bond acceptors (Lipinski definition) is 5. The molecule has 0 heterocycles. The largest absolute Gasteiger partial charge is 0.476 e. The zero-order valence-corrected chi connectivity index (χ0v) is 11.7. The minimum Gasteiger partial charge on any atom is -0.476 e. The van der Waals surface area contributed by atoms with Gasteiger partial charge >= 0.3 is 5.97 Å². The van der Waals surface area contributed by atoms with Gasteiger partial charge in [-0.3, -0.25) is 4.79 Å². The molecule has 6 nitrogen and oxygen atoms in total. The Labute approximate surface area is 118 Å². The number of hydrogen-bond donors (Lipinski definition) is 1. The number of Topliss-reactive ketones (excluding diaryl/α,β-unsaturated/α-hetero) is 1. The van der Waals surface area contributed by atoms with E-state index in [0.29, 0.717) is 0 Å². The van der Waals surface area contributed by atoms with Crippen molar-refractivity contribution in [2.24, 2.45) is 5.16 Å². The number of benzene rings is 1. The third-order valence-electron chi connectivity index (χ3n) is 2.06. The van der Waals surface area contributed by atoms with Crippen molar-refractivity contribution in [2.45, 2.75) is 0 Å². The summed E-state index contributed by atoms with van der Waals surface area (Å²) in [6.45, 7) is 0.323. The van der Waals surface area contributed by atoms with Crippen LogP contribution >= 0.6 is 15.9 Å². The minimum atomic E-state index is -1.44. The first-order valence-electron chi connectivity index (χ1n) is 5.28. The number of nitrogens with zero attached hydrogens (tertiary/aromatic N) is 1. The lowest BCUT2D eigenvalue weighted by atomic mass is 10.1. The summed E-state index contributed by atoms with van der Waals surface area (Å²) in [6.07, 6.45) is 0. The molecular formula is C12H12BrNO5. The van der Waals surface area contributed by atoms with E-state index in [2.05, 4.69) is 21.1 Å². The zero-order chi connectivity index (χ0) is 14.3. The van der Waals surface area contributed by atoms with Gasteiger partial charge in [0.05, 0.1) is 6.61 Å². The number of oxime groups is 1. The Bertz CT molecular complexity index is 483. The molecule has 0 unspecified atom stereocenters. The molecule has 1 aromatic carbocycles. The molecular weight excluding hydrogens is 318 g/mol. The van der Waals surface area contributed by atoms with Crippen LogP contribution in [-0.2, 0) is 14.4 Å². The van der Waals surface area contributed by atoms with Crippen molar-refractivity contribution >= 4 is 33.4 Å². The van der Waals surface area contributed by atoms with Crippen molar-refractivity contribution in [1.29, 1.82) is 0 Å². The average molecular weight is 330 g/mol. The Morgan fingerprint density at radius 3 is 2.42 bits per heavy atom. The van der Waals surface area contributed by atoms with Gasteiger partial charge in [0.2, 0.25) is 11.5 Å². The summed E-state index contributed by atoms with van der Waals surface area (Å²) >= 11 is 3.22. The third kappa shape index (κ3) is 4.80. The molecule has 0 aliphatic carbocycles. The number of aliphatic carboxylic acids is 1. The minimum absolute atomic E-state index is 0.0703. The maximum Gasteiger partial charge on any atom is 0.362 e. The Morgan fingerprint density at radius 2 is 1.89 bits per heavy atom. The molecule has 0 bridgehead atoms. The number of rotatable bonds is 7. The Balaban J connectivity index is 2.84. The maximum absolute atomic E-state index is 11.9. The lowest BCUT2D eigenvalue weighted by Gasteiger charge is -2.02. The molecule has 0 saturated carbocycles. The van der Waals surface area contributed by atoms with Crippen LogP contribution in [0.5, 0.6) is 0 Å². The van der Waals surface area contributed by atoms with Gasteiger partial charge in [-0.15, -0.1) is 0 Å². The van der Waals surface area contributed by atoms with Crippen molar-refractivity contribution in [3.63, 3.8) is 0 Å². The van der Waals surface area contributed by atoms with Gasteiger partial charge in [-0.1, -0.05) is 21.1 Å². The second kappa shape index (κ2) is 7.65. The molecule has 1 N–H and O–H groups in total. The molecule has 0 saturated heterocycles. The number of carboxylic acid groups (broad SMARTS) is 1. The SMILES string of the molecule is COCCO/N=C(\C(=O)O)C(=O)c1ccc(Br)cc1. The van der Waals surface area contributed by atoms with Crippen LogP contribution in [0.2, 0.25) is 0 Å². The van der Waals surface area contributed by atoms with Gasteiger partial charge in [0.15, 0.2) is 0 Å². The van der Waals surface area contributed by atoms with Crippen LogP contribution in [0.25, 0.3) is 0 Å². The molecule has 0 aliphatic heterocycles. The zero-order valence-electron chi connectivity index (χ0n) is 10.1. The van der Waals surface area contributed by atoms with Crippen molar-refractivity contribution in [3.05, 3.63) is 34.3 Å². The summed E-state index contributed by atoms with van der Waals surface area (Å²) in [5.74, 6) is -2.15. The van der Waals surface area contributed by atoms with E-state index in [9.17, 15) is 9.59 Å². The Hall–Kier alpha value is -1.73. The first-order valence-corrected chi connectivity index (χ1v) is 6.08. The fraction of sp³-hybridized carbons (Fsp3) is 0.250. The molecule has 1 aromatic rings. The molecule has 0 fully saturated rings. The lowest BCUT2D eigenvalue weighted by molar-refractivity contribution is -0.129. The predicted molar refractivity (Wildman–Crippen MR) is 71.4 cm³/mol. The summed E-state index contributed by atoms with van der Waals surface area (Å²) in [6, 6.07) is 6.27. The fourth-order valence-electron chi connectivity index (χ4n) is 1.15. The topological polar surface area (TPSA) is 85.2 Å². The molecule has 102 valence electrons. The number of halogens is 1. The van der Waals surface area contributed by atoms with Crippen molar-refractivity contribution in [1.82, 2.24) is 0 Å². The van der Waals surface area contributed by atoms with Gasteiger partial charge in [-0.25, -0.2) is 4.79 Å². The number of carbonyl (C=O) groups excluding carboxylic acids is 1. The van der Waals surface area contributed by atoms with Gasteiger partial charge in [0, 0.05) is 17.1 Å². The standard InChI is InChI=1S/C12H12BrNO5/c1-18-6-7-19-14-10(12(16)17)11(15)8-2-4-9(13)5-3-8/h2-5H,6-7H2,1H3,(H,16,17)/b14-10-. The molecule has 0 amide bonds. The molecule has 0 aliphatic rings. The quantitative estimate of drug-likeness (QED) is 0.271. The number of methoxy groups -OCH3 is 1. The molecule has 19 heavy (non-hydrogen) atoms. The van der Waals surface area contributed by atoms with E-state index in [1.165, 1.54) is 19.2 Å². The molecule has 0 spiro atoms. The highest BCUT2D eigenvalue weighted by Crippen LogP contribution is 2.11. The predicted octanol–water partition coefficient (Wildman–Crippen LogP) is 1.74. The second-order valence-electron chi connectivity index (χ2n) is 3.41. The van der Waals surface area contributed by atoms with Crippen LogP contribution < -0.4 is 0 Å². The second-order valence-corrected chi connectivity index (χ2v) is 4.32. The van der Waals surface area contributed by atoms with Gasteiger partial charge in [0.25, 0.3) is 0 Å². The molecule has 0 aromatic heterocycles. The first-order chi connectivity index (χ1) is 9.06. The highest BCUT2D eigenvalue weighted by molar-refractivity contribution is 9.10. The molecule has 1 rings (SSSR count). The van der Waals surface area contributed by atoms with E-state index < -0.39 is 17.5 Å². The smallest absolute Gasteiger partial charge is 0.362 e. The monoisotopic (exact) mass is 329 g/mol.